The van der Waals surface area contributed by atoms with E-state index >= 15 is 0 Å². The Morgan fingerprint density at radius 1 is 1.07 bits per heavy atom. The highest BCUT2D eigenvalue weighted by Gasteiger charge is 2.52. The van der Waals surface area contributed by atoms with Gasteiger partial charge in [0.25, 0.3) is 5.91 Å². The van der Waals surface area contributed by atoms with Gasteiger partial charge in [0, 0.05) is 5.69 Å². The molecule has 3 rings (SSSR count). The van der Waals surface area contributed by atoms with Crippen molar-refractivity contribution in [2.24, 2.45) is 0 Å². The Hall–Kier alpha value is -3.15. The summed E-state index contributed by atoms with van der Waals surface area (Å²) in [6.07, 6.45) is 1.95. The van der Waals surface area contributed by atoms with E-state index in [1.807, 2.05) is 69.3 Å². The van der Waals surface area contributed by atoms with Crippen molar-refractivity contribution in [2.75, 3.05) is 11.9 Å². The van der Waals surface area contributed by atoms with Crippen molar-refractivity contribution in [3.05, 3.63) is 65.2 Å². The first-order valence-electron chi connectivity index (χ1n) is 10.0. The van der Waals surface area contributed by atoms with Crippen molar-refractivity contribution in [1.29, 1.82) is 0 Å². The average molecular weight is 393 g/mol. The van der Waals surface area contributed by atoms with Gasteiger partial charge in [-0.1, -0.05) is 68.8 Å². The summed E-state index contributed by atoms with van der Waals surface area (Å²) in [5.41, 5.74) is 2.31. The van der Waals surface area contributed by atoms with Crippen molar-refractivity contribution in [3.8, 4) is 0 Å². The number of para-hydroxylation sites is 1. The van der Waals surface area contributed by atoms with E-state index in [9.17, 15) is 14.4 Å². The lowest BCUT2D eigenvalue weighted by Crippen LogP contribution is -2.44. The fraction of sp³-hybridized carbons (Fsp3) is 0.348. The number of carbonyl (C=O) groups excluding carboxylic acids is 3. The maximum absolute atomic E-state index is 13.3. The molecule has 152 valence electrons. The van der Waals surface area contributed by atoms with E-state index in [4.69, 9.17) is 0 Å². The third-order valence-corrected chi connectivity index (χ3v) is 5.37. The molecule has 0 spiro atoms. The Bertz CT molecular complexity index is 926. The molecule has 1 saturated heterocycles. The van der Waals surface area contributed by atoms with Crippen LogP contribution in [0.15, 0.2) is 48.5 Å². The van der Waals surface area contributed by atoms with E-state index in [1.165, 1.54) is 0 Å². The molecular formula is C23H27N3O3. The number of amides is 4. The third kappa shape index (κ3) is 3.88. The van der Waals surface area contributed by atoms with E-state index in [1.54, 1.807) is 0 Å². The van der Waals surface area contributed by atoms with Gasteiger partial charge in [-0.2, -0.15) is 0 Å². The number of benzene rings is 2. The van der Waals surface area contributed by atoms with Gasteiger partial charge >= 0.3 is 6.03 Å². The minimum absolute atomic E-state index is 0.319. The predicted octanol–water partition coefficient (Wildman–Crippen LogP) is 3.74. The molecule has 1 aliphatic heterocycles. The molecule has 29 heavy (non-hydrogen) atoms. The molecule has 6 heteroatoms. The minimum atomic E-state index is -1.12. The van der Waals surface area contributed by atoms with E-state index < -0.39 is 17.5 Å². The van der Waals surface area contributed by atoms with Crippen LogP contribution in [-0.2, 0) is 21.5 Å². The van der Waals surface area contributed by atoms with Crippen molar-refractivity contribution in [2.45, 2.75) is 45.6 Å². The standard InChI is InChI=1S/C23H27N3O3/c1-4-14-23(18-12-7-6-8-13-18)21(28)26(22(29)25-23)15-19(27)24-20-16(3)10-9-11-17(20)5-2/h6-13H,4-5,14-15H2,1-3H3,(H,24,27)(H,25,29)/t23-/m1/s1. The first-order chi connectivity index (χ1) is 13.9. The smallest absolute Gasteiger partial charge is 0.324 e. The molecule has 0 saturated carbocycles. The van der Waals surface area contributed by atoms with Crippen LogP contribution in [0, 0.1) is 6.92 Å². The summed E-state index contributed by atoms with van der Waals surface area (Å²) >= 11 is 0. The van der Waals surface area contributed by atoms with Crippen LogP contribution < -0.4 is 10.6 Å². The van der Waals surface area contributed by atoms with Gasteiger partial charge in [-0.3, -0.25) is 14.5 Å². The molecule has 0 bridgehead atoms. The Labute approximate surface area is 171 Å². The summed E-state index contributed by atoms with van der Waals surface area (Å²) in [7, 11) is 0. The highest BCUT2D eigenvalue weighted by atomic mass is 16.2. The number of imide groups is 1. The van der Waals surface area contributed by atoms with Crippen LogP contribution >= 0.6 is 0 Å². The molecule has 4 amide bonds. The molecule has 1 aliphatic rings. The Kier molecular flexibility index (Phi) is 6.01. The molecule has 1 atom stereocenters. The molecule has 6 nitrogen and oxygen atoms in total. The lowest BCUT2D eigenvalue weighted by molar-refractivity contribution is -0.134. The van der Waals surface area contributed by atoms with Gasteiger partial charge in [-0.15, -0.1) is 0 Å². The van der Waals surface area contributed by atoms with Crippen LogP contribution in [0.4, 0.5) is 10.5 Å². The van der Waals surface area contributed by atoms with Gasteiger partial charge in [0.2, 0.25) is 5.91 Å². The average Bonchev–Trinajstić information content (AvgIpc) is 2.95. The molecule has 1 heterocycles. The largest absolute Gasteiger partial charge is 0.325 e. The molecule has 1 fully saturated rings. The fourth-order valence-corrected chi connectivity index (χ4v) is 3.90. The zero-order valence-electron chi connectivity index (χ0n) is 17.1. The zero-order valence-corrected chi connectivity index (χ0v) is 17.1. The summed E-state index contributed by atoms with van der Waals surface area (Å²) in [5.74, 6) is -0.774. The maximum atomic E-state index is 13.3. The summed E-state index contributed by atoms with van der Waals surface area (Å²) in [5, 5.41) is 5.73. The van der Waals surface area contributed by atoms with Gasteiger partial charge < -0.3 is 10.6 Å². The molecule has 0 radical (unpaired) electrons. The molecular weight excluding hydrogens is 366 g/mol. The predicted molar refractivity (Wildman–Crippen MR) is 112 cm³/mol. The van der Waals surface area contributed by atoms with Gasteiger partial charge in [-0.25, -0.2) is 4.79 Å². The van der Waals surface area contributed by atoms with Gasteiger partial charge in [0.1, 0.15) is 12.1 Å². The van der Waals surface area contributed by atoms with Crippen molar-refractivity contribution >= 4 is 23.5 Å². The summed E-state index contributed by atoms with van der Waals surface area (Å²) in [4.78, 5) is 39.6. The Balaban J connectivity index is 1.82. The zero-order chi connectivity index (χ0) is 21.0. The number of urea groups is 1. The van der Waals surface area contributed by atoms with E-state index in [-0.39, 0.29) is 12.5 Å². The molecule has 0 aromatic heterocycles. The Morgan fingerprint density at radius 3 is 2.45 bits per heavy atom. The second kappa shape index (κ2) is 8.47. The van der Waals surface area contributed by atoms with E-state index in [0.717, 1.165) is 33.7 Å². The second-order valence-electron chi connectivity index (χ2n) is 7.35. The number of nitrogens with one attached hydrogen (secondary N) is 2. The second-order valence-corrected chi connectivity index (χ2v) is 7.35. The SMILES string of the molecule is CCC[C@]1(c2ccccc2)NC(=O)N(CC(=O)Nc2c(C)cccc2CC)C1=O. The van der Waals surface area contributed by atoms with Crippen LogP contribution in [-0.4, -0.2) is 29.3 Å². The quantitative estimate of drug-likeness (QED) is 0.704. The first kappa shape index (κ1) is 20.6. The molecule has 0 aliphatic carbocycles. The number of hydrogen-bond donors (Lipinski definition) is 2. The number of anilines is 1. The van der Waals surface area contributed by atoms with Crippen molar-refractivity contribution in [1.82, 2.24) is 10.2 Å². The number of rotatable bonds is 7. The Morgan fingerprint density at radius 2 is 1.79 bits per heavy atom. The number of nitrogens with zero attached hydrogens (tertiary/aromatic N) is 1. The van der Waals surface area contributed by atoms with E-state index in [2.05, 4.69) is 10.6 Å². The van der Waals surface area contributed by atoms with Crippen LogP contribution in [0.3, 0.4) is 0 Å². The number of hydrogen-bond acceptors (Lipinski definition) is 3. The third-order valence-electron chi connectivity index (χ3n) is 5.37. The van der Waals surface area contributed by atoms with E-state index in [0.29, 0.717) is 12.8 Å². The van der Waals surface area contributed by atoms with Gasteiger partial charge in [0.05, 0.1) is 0 Å². The highest BCUT2D eigenvalue weighted by Crippen LogP contribution is 2.33. The maximum Gasteiger partial charge on any atom is 0.325 e. The molecule has 2 aromatic rings. The van der Waals surface area contributed by atoms with Crippen LogP contribution in [0.5, 0.6) is 0 Å². The summed E-state index contributed by atoms with van der Waals surface area (Å²) < 4.78 is 0. The monoisotopic (exact) mass is 393 g/mol. The van der Waals surface area contributed by atoms with Crippen LogP contribution in [0.1, 0.15) is 43.4 Å². The minimum Gasteiger partial charge on any atom is -0.324 e. The molecule has 2 aromatic carbocycles. The lowest BCUT2D eigenvalue weighted by atomic mass is 9.85. The summed E-state index contributed by atoms with van der Waals surface area (Å²) in [6, 6.07) is 14.5. The number of aryl methyl sites for hydroxylation is 2. The topological polar surface area (TPSA) is 78.5 Å². The molecule has 2 N–H and O–H groups in total. The van der Waals surface area contributed by atoms with Gasteiger partial charge in [-0.05, 0) is 36.5 Å². The first-order valence-corrected chi connectivity index (χ1v) is 10.0. The highest BCUT2D eigenvalue weighted by molar-refractivity contribution is 6.10. The fourth-order valence-electron chi connectivity index (χ4n) is 3.90. The van der Waals surface area contributed by atoms with Crippen LogP contribution in [0.25, 0.3) is 0 Å². The van der Waals surface area contributed by atoms with Crippen molar-refractivity contribution < 1.29 is 14.4 Å². The van der Waals surface area contributed by atoms with Crippen LogP contribution in [0.2, 0.25) is 0 Å². The van der Waals surface area contributed by atoms with Crippen molar-refractivity contribution in [3.63, 3.8) is 0 Å². The number of carbonyl (C=O) groups is 3. The normalized spacial score (nSPS) is 18.7. The lowest BCUT2D eigenvalue weighted by Gasteiger charge is -2.26. The molecule has 0 unspecified atom stereocenters. The summed E-state index contributed by atoms with van der Waals surface area (Å²) in [6.45, 7) is 5.58. The van der Waals surface area contributed by atoms with Gasteiger partial charge in [0.15, 0.2) is 0 Å².